The Balaban J connectivity index is 1.99. The Kier molecular flexibility index (Phi) is 4.04. The highest BCUT2D eigenvalue weighted by Gasteiger charge is 2.21. The van der Waals surface area contributed by atoms with Gasteiger partial charge in [-0.3, -0.25) is 4.79 Å². The minimum Gasteiger partial charge on any atom is -0.308 e. The molecule has 2 N–H and O–H groups in total. The van der Waals surface area contributed by atoms with Crippen LogP contribution in [0.25, 0.3) is 0 Å². The van der Waals surface area contributed by atoms with Crippen LogP contribution >= 0.6 is 23.4 Å². The van der Waals surface area contributed by atoms with E-state index in [0.717, 1.165) is 18.1 Å². The molecule has 1 aromatic heterocycles. The second-order valence-corrected chi connectivity index (χ2v) is 4.96. The molecule has 1 aromatic rings. The van der Waals surface area contributed by atoms with Crippen molar-refractivity contribution in [2.75, 3.05) is 23.4 Å². The molecule has 1 amide bonds. The van der Waals surface area contributed by atoms with Crippen molar-refractivity contribution < 1.29 is 4.79 Å². The Hall–Kier alpha value is -0.780. The highest BCUT2D eigenvalue weighted by atomic mass is 35.5. The molecule has 1 fully saturated rings. The predicted molar refractivity (Wildman–Crippen MR) is 67.0 cm³/mol. The van der Waals surface area contributed by atoms with E-state index in [1.165, 1.54) is 0 Å². The van der Waals surface area contributed by atoms with Crippen LogP contribution in [-0.4, -0.2) is 35.0 Å². The standard InChI is InChI=1S/C10H12ClN3OS/c11-7-2-1-3-13-9(7)14-10(15)8-6-16-5-4-12-8/h1-3,8,12H,4-6H2,(H,13,14,15). The van der Waals surface area contributed by atoms with Crippen LogP contribution in [0.3, 0.4) is 0 Å². The minimum atomic E-state index is -0.156. The molecule has 2 heterocycles. The number of nitrogens with one attached hydrogen (secondary N) is 2. The van der Waals surface area contributed by atoms with Gasteiger partial charge in [0.25, 0.3) is 0 Å². The molecule has 2 rings (SSSR count). The molecule has 16 heavy (non-hydrogen) atoms. The maximum atomic E-state index is 11.8. The van der Waals surface area contributed by atoms with Crippen LogP contribution in [-0.2, 0) is 4.79 Å². The van der Waals surface area contributed by atoms with E-state index in [2.05, 4.69) is 15.6 Å². The molecule has 1 aliphatic heterocycles. The summed E-state index contributed by atoms with van der Waals surface area (Å²) in [6.07, 6.45) is 1.60. The molecular weight excluding hydrogens is 246 g/mol. The zero-order valence-corrected chi connectivity index (χ0v) is 10.1. The molecule has 0 spiro atoms. The molecule has 0 radical (unpaired) electrons. The highest BCUT2D eigenvalue weighted by Crippen LogP contribution is 2.18. The lowest BCUT2D eigenvalue weighted by Gasteiger charge is -2.22. The summed E-state index contributed by atoms with van der Waals surface area (Å²) in [6, 6.07) is 3.27. The Labute approximate surface area is 103 Å². The lowest BCUT2D eigenvalue weighted by atomic mass is 10.3. The fraction of sp³-hybridized carbons (Fsp3) is 0.400. The molecule has 0 aliphatic carbocycles. The summed E-state index contributed by atoms with van der Waals surface area (Å²) in [7, 11) is 0. The van der Waals surface area contributed by atoms with Gasteiger partial charge in [-0.05, 0) is 12.1 Å². The van der Waals surface area contributed by atoms with Crippen LogP contribution in [0.1, 0.15) is 0 Å². The normalized spacial score (nSPS) is 20.4. The Bertz CT molecular complexity index is 382. The molecular formula is C10H12ClN3OS. The third kappa shape index (κ3) is 2.87. The number of thioether (sulfide) groups is 1. The molecule has 86 valence electrons. The number of hydrogen-bond donors (Lipinski definition) is 2. The number of amides is 1. The van der Waals surface area contributed by atoms with E-state index in [1.54, 1.807) is 30.1 Å². The van der Waals surface area contributed by atoms with Gasteiger partial charge in [-0.15, -0.1) is 0 Å². The summed E-state index contributed by atoms with van der Waals surface area (Å²) in [5.74, 6) is 2.18. The first-order chi connectivity index (χ1) is 7.77. The van der Waals surface area contributed by atoms with Crippen molar-refractivity contribution in [2.24, 2.45) is 0 Å². The van der Waals surface area contributed by atoms with Gasteiger partial charge in [0.15, 0.2) is 5.82 Å². The van der Waals surface area contributed by atoms with Crippen molar-refractivity contribution >= 4 is 35.1 Å². The average molecular weight is 258 g/mol. The summed E-state index contributed by atoms with van der Waals surface area (Å²) in [5, 5.41) is 6.33. The maximum absolute atomic E-state index is 11.8. The maximum Gasteiger partial charge on any atom is 0.243 e. The first kappa shape index (κ1) is 11.7. The SMILES string of the molecule is O=C(Nc1ncccc1Cl)C1CSCCN1. The van der Waals surface area contributed by atoms with Gasteiger partial charge < -0.3 is 10.6 Å². The molecule has 4 nitrogen and oxygen atoms in total. The molecule has 0 bridgehead atoms. The average Bonchev–Trinajstić information content (AvgIpc) is 2.33. The number of aromatic nitrogens is 1. The highest BCUT2D eigenvalue weighted by molar-refractivity contribution is 7.99. The van der Waals surface area contributed by atoms with Gasteiger partial charge in [-0.2, -0.15) is 11.8 Å². The van der Waals surface area contributed by atoms with Crippen molar-refractivity contribution in [1.29, 1.82) is 0 Å². The number of halogens is 1. The van der Waals surface area contributed by atoms with E-state index >= 15 is 0 Å². The number of carbonyl (C=O) groups is 1. The number of carbonyl (C=O) groups excluding carboxylic acids is 1. The largest absolute Gasteiger partial charge is 0.308 e. The van der Waals surface area contributed by atoms with Crippen molar-refractivity contribution in [3.8, 4) is 0 Å². The molecule has 1 atom stereocenters. The van der Waals surface area contributed by atoms with Crippen LogP contribution < -0.4 is 10.6 Å². The molecule has 6 heteroatoms. The van der Waals surface area contributed by atoms with E-state index < -0.39 is 0 Å². The van der Waals surface area contributed by atoms with Crippen LogP contribution in [0.2, 0.25) is 5.02 Å². The minimum absolute atomic E-state index is 0.0761. The van der Waals surface area contributed by atoms with E-state index in [0.29, 0.717) is 10.8 Å². The lowest BCUT2D eigenvalue weighted by Crippen LogP contribution is -2.46. The van der Waals surface area contributed by atoms with Crippen molar-refractivity contribution in [2.45, 2.75) is 6.04 Å². The second-order valence-electron chi connectivity index (χ2n) is 3.40. The van der Waals surface area contributed by atoms with Crippen molar-refractivity contribution in [3.05, 3.63) is 23.4 Å². The Morgan fingerprint density at radius 3 is 3.25 bits per heavy atom. The van der Waals surface area contributed by atoms with Crippen LogP contribution in [0.15, 0.2) is 18.3 Å². The molecule has 0 aromatic carbocycles. The monoisotopic (exact) mass is 257 g/mol. The van der Waals surface area contributed by atoms with Gasteiger partial charge in [-0.1, -0.05) is 11.6 Å². The quantitative estimate of drug-likeness (QED) is 0.841. The van der Waals surface area contributed by atoms with Gasteiger partial charge in [0.05, 0.1) is 11.1 Å². The zero-order valence-electron chi connectivity index (χ0n) is 8.57. The van der Waals surface area contributed by atoms with Crippen molar-refractivity contribution in [3.63, 3.8) is 0 Å². The Morgan fingerprint density at radius 2 is 2.56 bits per heavy atom. The van der Waals surface area contributed by atoms with Crippen LogP contribution in [0, 0.1) is 0 Å². The topological polar surface area (TPSA) is 54.0 Å². The molecule has 0 saturated carbocycles. The van der Waals surface area contributed by atoms with Crippen molar-refractivity contribution in [1.82, 2.24) is 10.3 Å². The second kappa shape index (κ2) is 5.52. The van der Waals surface area contributed by atoms with Crippen LogP contribution in [0.5, 0.6) is 0 Å². The first-order valence-electron chi connectivity index (χ1n) is 5.00. The van der Waals surface area contributed by atoms with Gasteiger partial charge in [0.2, 0.25) is 5.91 Å². The number of rotatable bonds is 2. The van der Waals surface area contributed by atoms with Gasteiger partial charge in [0.1, 0.15) is 0 Å². The van der Waals surface area contributed by atoms with Gasteiger partial charge in [-0.25, -0.2) is 4.98 Å². The summed E-state index contributed by atoms with van der Waals surface area (Å²) < 4.78 is 0. The fourth-order valence-electron chi connectivity index (χ4n) is 1.42. The zero-order chi connectivity index (χ0) is 11.4. The summed E-state index contributed by atoms with van der Waals surface area (Å²) in [6.45, 7) is 0.860. The smallest absolute Gasteiger partial charge is 0.243 e. The summed E-state index contributed by atoms with van der Waals surface area (Å²) in [4.78, 5) is 15.8. The van der Waals surface area contributed by atoms with E-state index in [9.17, 15) is 4.79 Å². The number of anilines is 1. The summed E-state index contributed by atoms with van der Waals surface area (Å²) in [5.41, 5.74) is 0. The van der Waals surface area contributed by atoms with E-state index in [-0.39, 0.29) is 11.9 Å². The third-order valence-electron chi connectivity index (χ3n) is 2.24. The third-order valence-corrected chi connectivity index (χ3v) is 3.61. The molecule has 1 unspecified atom stereocenters. The van der Waals surface area contributed by atoms with Gasteiger partial charge >= 0.3 is 0 Å². The van der Waals surface area contributed by atoms with Crippen LogP contribution in [0.4, 0.5) is 5.82 Å². The summed E-state index contributed by atoms with van der Waals surface area (Å²) >= 11 is 7.67. The predicted octanol–water partition coefficient (Wildman–Crippen LogP) is 1.38. The molecule has 1 aliphatic rings. The van der Waals surface area contributed by atoms with E-state index in [4.69, 9.17) is 11.6 Å². The first-order valence-corrected chi connectivity index (χ1v) is 6.53. The van der Waals surface area contributed by atoms with Gasteiger partial charge in [0, 0.05) is 24.2 Å². The number of nitrogens with zero attached hydrogens (tertiary/aromatic N) is 1. The number of hydrogen-bond acceptors (Lipinski definition) is 4. The lowest BCUT2D eigenvalue weighted by molar-refractivity contribution is -0.117. The fourth-order valence-corrected chi connectivity index (χ4v) is 2.52. The van der Waals surface area contributed by atoms with E-state index in [1.807, 2.05) is 0 Å². The molecule has 1 saturated heterocycles. The number of pyridine rings is 1. The Morgan fingerprint density at radius 1 is 1.69 bits per heavy atom.